The zero-order valence-electron chi connectivity index (χ0n) is 12.6. The maximum absolute atomic E-state index is 9.70. The molecule has 21 heavy (non-hydrogen) atoms. The lowest BCUT2D eigenvalue weighted by molar-refractivity contribution is 0.445. The van der Waals surface area contributed by atoms with E-state index in [0.29, 0.717) is 11.5 Å². The van der Waals surface area contributed by atoms with Gasteiger partial charge in [-0.3, -0.25) is 0 Å². The molecule has 0 spiro atoms. The topological polar surface area (TPSA) is 58.9 Å². The first-order valence-corrected chi connectivity index (χ1v) is 6.64. The second-order valence-corrected chi connectivity index (χ2v) is 5.14. The fourth-order valence-electron chi connectivity index (χ4n) is 2.10. The molecule has 2 aromatic carbocycles. The van der Waals surface area contributed by atoms with Crippen molar-refractivity contribution in [1.29, 1.82) is 0 Å². The normalized spacial score (nSPS) is 10.3. The molecule has 0 amide bonds. The molecular formula is C16H18BO4. The van der Waals surface area contributed by atoms with Gasteiger partial charge in [0.25, 0.3) is 0 Å². The molecule has 0 aliphatic rings. The van der Waals surface area contributed by atoms with E-state index in [0.717, 1.165) is 22.3 Å². The van der Waals surface area contributed by atoms with E-state index in [-0.39, 0.29) is 11.5 Å². The number of aryl methyl sites for hydroxylation is 4. The smallest absolute Gasteiger partial charge is 0.526 e. The minimum atomic E-state index is 0.271. The Bertz CT molecular complexity index is 564. The molecule has 0 aliphatic carbocycles. The van der Waals surface area contributed by atoms with Crippen LogP contribution in [0.3, 0.4) is 0 Å². The van der Waals surface area contributed by atoms with Gasteiger partial charge >= 0.3 is 7.69 Å². The molecule has 0 saturated heterocycles. The van der Waals surface area contributed by atoms with Crippen molar-refractivity contribution >= 4 is 7.69 Å². The van der Waals surface area contributed by atoms with Gasteiger partial charge in [-0.15, -0.1) is 0 Å². The summed E-state index contributed by atoms with van der Waals surface area (Å²) in [6, 6.07) is 6.93. The van der Waals surface area contributed by atoms with Gasteiger partial charge in [-0.25, -0.2) is 0 Å². The van der Waals surface area contributed by atoms with Crippen LogP contribution < -0.4 is 9.31 Å². The van der Waals surface area contributed by atoms with Crippen molar-refractivity contribution in [2.24, 2.45) is 0 Å². The van der Waals surface area contributed by atoms with Gasteiger partial charge in [-0.2, -0.15) is 0 Å². The molecule has 0 aromatic heterocycles. The molecule has 1 radical (unpaired) electrons. The average molecular weight is 285 g/mol. The number of hydrogen-bond acceptors (Lipinski definition) is 4. The highest BCUT2D eigenvalue weighted by atomic mass is 16.6. The standard InChI is InChI=1S/C16H18BO4/c1-9-5-13(6-10(2)15(9)18)20-17-21-14-7-11(3)16(19)12(4)8-14/h5-8,18-19H,1-4H3. The molecule has 109 valence electrons. The molecule has 0 saturated carbocycles. The molecule has 0 bridgehead atoms. The molecule has 2 N–H and O–H groups in total. The molecule has 5 heteroatoms. The molecular weight excluding hydrogens is 267 g/mol. The van der Waals surface area contributed by atoms with Crippen molar-refractivity contribution in [3.8, 4) is 23.0 Å². The second kappa shape index (κ2) is 6.00. The highest BCUT2D eigenvalue weighted by molar-refractivity contribution is 6.20. The van der Waals surface area contributed by atoms with Crippen LogP contribution in [0.2, 0.25) is 0 Å². The fraction of sp³-hybridized carbons (Fsp3) is 0.250. The maximum atomic E-state index is 9.70. The summed E-state index contributed by atoms with van der Waals surface area (Å²) in [6.07, 6.45) is 0. The lowest BCUT2D eigenvalue weighted by Gasteiger charge is -2.11. The van der Waals surface area contributed by atoms with Crippen LogP contribution in [0.5, 0.6) is 23.0 Å². The number of phenolic OH excluding ortho intramolecular Hbond substituents is 2. The van der Waals surface area contributed by atoms with Crippen LogP contribution in [0.4, 0.5) is 0 Å². The van der Waals surface area contributed by atoms with Crippen LogP contribution in [0.15, 0.2) is 24.3 Å². The van der Waals surface area contributed by atoms with Crippen LogP contribution in [-0.2, 0) is 0 Å². The summed E-state index contributed by atoms with van der Waals surface area (Å²) in [7, 11) is 1.23. The highest BCUT2D eigenvalue weighted by Gasteiger charge is 2.08. The van der Waals surface area contributed by atoms with E-state index in [1.165, 1.54) is 7.69 Å². The summed E-state index contributed by atoms with van der Waals surface area (Å²) >= 11 is 0. The van der Waals surface area contributed by atoms with E-state index in [1.54, 1.807) is 24.3 Å². The van der Waals surface area contributed by atoms with Gasteiger partial charge in [0.15, 0.2) is 0 Å². The predicted molar refractivity (Wildman–Crippen MR) is 82.2 cm³/mol. The van der Waals surface area contributed by atoms with Crippen molar-refractivity contribution in [2.45, 2.75) is 27.7 Å². The first kappa shape index (κ1) is 15.1. The van der Waals surface area contributed by atoms with Gasteiger partial charge in [-0.05, 0) is 74.2 Å². The van der Waals surface area contributed by atoms with Crippen LogP contribution in [0.1, 0.15) is 22.3 Å². The van der Waals surface area contributed by atoms with Crippen molar-refractivity contribution in [2.75, 3.05) is 0 Å². The van der Waals surface area contributed by atoms with Gasteiger partial charge in [0.2, 0.25) is 0 Å². The third-order valence-electron chi connectivity index (χ3n) is 3.30. The number of rotatable bonds is 4. The van der Waals surface area contributed by atoms with Crippen molar-refractivity contribution < 1.29 is 19.5 Å². The monoisotopic (exact) mass is 285 g/mol. The van der Waals surface area contributed by atoms with Gasteiger partial charge in [-0.1, -0.05) is 0 Å². The largest absolute Gasteiger partial charge is 0.658 e. The number of benzene rings is 2. The van der Waals surface area contributed by atoms with E-state index in [9.17, 15) is 10.2 Å². The van der Waals surface area contributed by atoms with Crippen LogP contribution >= 0.6 is 0 Å². The van der Waals surface area contributed by atoms with E-state index in [1.807, 2.05) is 27.7 Å². The molecule has 0 unspecified atom stereocenters. The van der Waals surface area contributed by atoms with Gasteiger partial charge < -0.3 is 19.5 Å². The summed E-state index contributed by atoms with van der Waals surface area (Å²) in [4.78, 5) is 0. The molecule has 0 heterocycles. The Morgan fingerprint density at radius 1 is 0.667 bits per heavy atom. The van der Waals surface area contributed by atoms with Crippen LogP contribution in [-0.4, -0.2) is 17.9 Å². The number of phenols is 2. The third kappa shape index (κ3) is 3.43. The van der Waals surface area contributed by atoms with Crippen LogP contribution in [0, 0.1) is 27.7 Å². The molecule has 0 atom stereocenters. The van der Waals surface area contributed by atoms with Crippen molar-refractivity contribution in [3.63, 3.8) is 0 Å². The summed E-state index contributed by atoms with van der Waals surface area (Å²) < 4.78 is 10.8. The Kier molecular flexibility index (Phi) is 4.31. The third-order valence-corrected chi connectivity index (χ3v) is 3.30. The van der Waals surface area contributed by atoms with Gasteiger partial charge in [0.05, 0.1) is 0 Å². The summed E-state index contributed by atoms with van der Waals surface area (Å²) in [6.45, 7) is 7.23. The van der Waals surface area contributed by atoms with Gasteiger partial charge in [0, 0.05) is 0 Å². The molecule has 0 aliphatic heterocycles. The van der Waals surface area contributed by atoms with Crippen molar-refractivity contribution in [3.05, 3.63) is 46.5 Å². The Morgan fingerprint density at radius 3 is 1.24 bits per heavy atom. The van der Waals surface area contributed by atoms with Crippen LogP contribution in [0.25, 0.3) is 0 Å². The highest BCUT2D eigenvalue weighted by Crippen LogP contribution is 2.28. The lowest BCUT2D eigenvalue weighted by Crippen LogP contribution is -2.11. The minimum absolute atomic E-state index is 0.271. The zero-order chi connectivity index (χ0) is 15.6. The SMILES string of the molecule is Cc1cc(O[B]Oc2cc(C)c(O)c(C)c2)cc(C)c1O. The molecule has 2 aromatic rings. The maximum Gasteiger partial charge on any atom is 0.658 e. The summed E-state index contributed by atoms with van der Waals surface area (Å²) in [5.74, 6) is 1.73. The van der Waals surface area contributed by atoms with Crippen molar-refractivity contribution in [1.82, 2.24) is 0 Å². The lowest BCUT2D eigenvalue weighted by atomic mass is 10.1. The fourth-order valence-corrected chi connectivity index (χ4v) is 2.10. The number of hydrogen-bond donors (Lipinski definition) is 2. The zero-order valence-corrected chi connectivity index (χ0v) is 12.6. The Hall–Kier alpha value is -2.30. The molecule has 4 nitrogen and oxygen atoms in total. The van der Waals surface area contributed by atoms with E-state index >= 15 is 0 Å². The van der Waals surface area contributed by atoms with E-state index in [2.05, 4.69) is 0 Å². The first-order valence-electron chi connectivity index (χ1n) is 6.64. The summed E-state index contributed by atoms with van der Waals surface area (Å²) in [5, 5.41) is 19.4. The Balaban J connectivity index is 2.02. The Morgan fingerprint density at radius 2 is 0.952 bits per heavy atom. The quantitative estimate of drug-likeness (QED) is 0.846. The number of aromatic hydroxyl groups is 2. The first-order chi connectivity index (χ1) is 9.88. The molecule has 0 fully saturated rings. The minimum Gasteiger partial charge on any atom is -0.526 e. The average Bonchev–Trinajstić information content (AvgIpc) is 2.42. The predicted octanol–water partition coefficient (Wildman–Crippen LogP) is 3.32. The summed E-state index contributed by atoms with van der Waals surface area (Å²) in [5.41, 5.74) is 2.98. The Labute approximate surface area is 125 Å². The second-order valence-electron chi connectivity index (χ2n) is 5.14. The van der Waals surface area contributed by atoms with Gasteiger partial charge in [0.1, 0.15) is 23.0 Å². The molecule has 2 rings (SSSR count). The van der Waals surface area contributed by atoms with E-state index in [4.69, 9.17) is 9.31 Å². The van der Waals surface area contributed by atoms with E-state index < -0.39 is 0 Å².